The first-order chi connectivity index (χ1) is 20.2. The fraction of sp³-hybridized carbons (Fsp3) is 0.100. The van der Waals surface area contributed by atoms with Gasteiger partial charge in [0.15, 0.2) is 17.5 Å². The topological polar surface area (TPSA) is 128 Å². The van der Waals surface area contributed by atoms with Crippen molar-refractivity contribution >= 4 is 17.9 Å². The van der Waals surface area contributed by atoms with Crippen LogP contribution in [0.25, 0.3) is 16.8 Å². The number of benzene rings is 3. The molecule has 0 fully saturated rings. The normalized spacial score (nSPS) is 11.5. The number of halogens is 2. The summed E-state index contributed by atoms with van der Waals surface area (Å²) < 4.78 is 41.9. The number of aromatic nitrogens is 4. The minimum absolute atomic E-state index is 0.204. The van der Waals surface area contributed by atoms with Gasteiger partial charge < -0.3 is 14.6 Å². The second kappa shape index (κ2) is 11.8. The third kappa shape index (κ3) is 5.92. The van der Waals surface area contributed by atoms with Crippen LogP contribution in [0.3, 0.4) is 0 Å². The van der Waals surface area contributed by atoms with Gasteiger partial charge in [0, 0.05) is 6.20 Å². The van der Waals surface area contributed by atoms with Gasteiger partial charge in [-0.15, -0.1) is 5.10 Å². The zero-order valence-electron chi connectivity index (χ0n) is 22.3. The predicted molar refractivity (Wildman–Crippen MR) is 148 cm³/mol. The van der Waals surface area contributed by atoms with Crippen molar-refractivity contribution in [1.29, 1.82) is 0 Å². The Bertz CT molecular complexity index is 1740. The summed E-state index contributed by atoms with van der Waals surface area (Å²) in [6, 6.07) is 20.5. The molecule has 0 aliphatic carbocycles. The number of pyridine rings is 1. The molecule has 2 heterocycles. The first-order valence-electron chi connectivity index (χ1n) is 12.6. The number of nitrogens with zero attached hydrogens (tertiary/aromatic N) is 4. The Kier molecular flexibility index (Phi) is 7.87. The van der Waals surface area contributed by atoms with E-state index in [0.29, 0.717) is 22.8 Å². The summed E-state index contributed by atoms with van der Waals surface area (Å²) >= 11 is 0. The van der Waals surface area contributed by atoms with E-state index in [1.54, 1.807) is 38.1 Å². The van der Waals surface area contributed by atoms with Crippen molar-refractivity contribution < 1.29 is 33.0 Å². The number of aryl methyl sites for hydroxylation is 1. The number of rotatable bonds is 8. The summed E-state index contributed by atoms with van der Waals surface area (Å²) in [5.74, 6) is -4.36. The Hall–Kier alpha value is -5.65. The van der Waals surface area contributed by atoms with E-state index >= 15 is 0 Å². The van der Waals surface area contributed by atoms with E-state index in [2.05, 4.69) is 20.6 Å². The van der Waals surface area contributed by atoms with Gasteiger partial charge in [-0.2, -0.15) is 4.68 Å². The van der Waals surface area contributed by atoms with Crippen LogP contribution in [-0.2, 0) is 4.74 Å². The maximum Gasteiger partial charge on any atom is 0.413 e. The SMILES string of the molecule is Cc1nnn(-c2ccc(-c3cc(F)c(Oc4ncccc4C(=O)O)c(F)c3)cc2)c1NC(=O)OC(C)c1ccccc1. The van der Waals surface area contributed by atoms with Gasteiger partial charge in [-0.3, -0.25) is 5.32 Å². The molecule has 1 unspecified atom stereocenters. The summed E-state index contributed by atoms with van der Waals surface area (Å²) in [6.07, 6.45) is 0.0686. The monoisotopic (exact) mass is 571 g/mol. The molecule has 0 saturated carbocycles. The second-order valence-corrected chi connectivity index (χ2v) is 9.10. The van der Waals surface area contributed by atoms with Gasteiger partial charge in [-0.25, -0.2) is 23.4 Å². The smallest absolute Gasteiger partial charge is 0.413 e. The van der Waals surface area contributed by atoms with Gasteiger partial charge >= 0.3 is 12.1 Å². The van der Waals surface area contributed by atoms with Crippen LogP contribution in [0.15, 0.2) is 85.1 Å². The van der Waals surface area contributed by atoms with Gasteiger partial charge in [0.1, 0.15) is 17.4 Å². The zero-order valence-corrected chi connectivity index (χ0v) is 22.3. The van der Waals surface area contributed by atoms with Gasteiger partial charge in [0.05, 0.1) is 5.69 Å². The maximum atomic E-state index is 14.9. The fourth-order valence-corrected chi connectivity index (χ4v) is 4.11. The number of ether oxygens (including phenoxy) is 2. The molecule has 1 amide bonds. The number of carbonyl (C=O) groups excluding carboxylic acids is 1. The molecule has 1 atom stereocenters. The summed E-state index contributed by atoms with van der Waals surface area (Å²) in [4.78, 5) is 27.8. The van der Waals surface area contributed by atoms with Crippen molar-refractivity contribution in [2.24, 2.45) is 0 Å². The van der Waals surface area contributed by atoms with Crippen molar-refractivity contribution in [2.45, 2.75) is 20.0 Å². The summed E-state index contributed by atoms with van der Waals surface area (Å²) in [6.45, 7) is 3.43. The van der Waals surface area contributed by atoms with Gasteiger partial charge in [0.25, 0.3) is 0 Å². The van der Waals surface area contributed by atoms with Crippen LogP contribution < -0.4 is 10.1 Å². The van der Waals surface area contributed by atoms with E-state index in [1.807, 2.05) is 30.3 Å². The van der Waals surface area contributed by atoms with Crippen molar-refractivity contribution in [3.05, 3.63) is 114 Å². The van der Waals surface area contributed by atoms with E-state index in [4.69, 9.17) is 9.47 Å². The lowest BCUT2D eigenvalue weighted by atomic mass is 10.0. The first-order valence-corrected chi connectivity index (χ1v) is 12.6. The number of carbonyl (C=O) groups is 2. The molecule has 2 aromatic heterocycles. The zero-order chi connectivity index (χ0) is 29.8. The number of carboxylic acids is 1. The van der Waals surface area contributed by atoms with E-state index in [-0.39, 0.29) is 11.1 Å². The molecule has 0 spiro atoms. The van der Waals surface area contributed by atoms with Crippen molar-refractivity contribution in [2.75, 3.05) is 5.32 Å². The van der Waals surface area contributed by atoms with Crippen molar-refractivity contribution in [3.8, 4) is 28.4 Å². The van der Waals surface area contributed by atoms with Crippen LogP contribution in [0.4, 0.5) is 19.4 Å². The molecule has 0 radical (unpaired) electrons. The molecule has 5 rings (SSSR count). The Morgan fingerprint density at radius 3 is 2.31 bits per heavy atom. The molecule has 3 aromatic carbocycles. The minimum atomic E-state index is -1.35. The fourth-order valence-electron chi connectivity index (χ4n) is 4.11. The summed E-state index contributed by atoms with van der Waals surface area (Å²) in [5.41, 5.74) is 2.13. The molecule has 5 aromatic rings. The van der Waals surface area contributed by atoms with Crippen LogP contribution in [0.2, 0.25) is 0 Å². The second-order valence-electron chi connectivity index (χ2n) is 9.10. The molecule has 2 N–H and O–H groups in total. The molecular formula is C30H23F2N5O5. The van der Waals surface area contributed by atoms with Crippen LogP contribution in [0.1, 0.15) is 34.6 Å². The number of nitrogens with one attached hydrogen (secondary N) is 1. The largest absolute Gasteiger partial charge is 0.477 e. The molecule has 10 nitrogen and oxygen atoms in total. The number of anilines is 1. The molecule has 0 saturated heterocycles. The number of hydrogen-bond acceptors (Lipinski definition) is 7. The molecular weight excluding hydrogens is 548 g/mol. The minimum Gasteiger partial charge on any atom is -0.477 e. The quantitative estimate of drug-likeness (QED) is 0.210. The lowest BCUT2D eigenvalue weighted by molar-refractivity contribution is 0.0693. The Labute approximate surface area is 238 Å². The number of carboxylic acid groups (broad SMARTS) is 1. The molecule has 42 heavy (non-hydrogen) atoms. The summed E-state index contributed by atoms with van der Waals surface area (Å²) in [7, 11) is 0. The standard InChI is InChI=1S/C30H23F2N5O5/c1-17-27(34-30(40)41-18(2)19-7-4-3-5-8-19)37(36-35-17)22-12-10-20(11-13-22)21-15-24(31)26(25(32)16-21)42-28-23(29(38)39)9-6-14-33-28/h3-16,18H,1-2H3,(H,34,40)(H,38,39). The molecule has 0 aliphatic rings. The van der Waals surface area contributed by atoms with Crippen molar-refractivity contribution in [1.82, 2.24) is 20.0 Å². The number of hydrogen-bond donors (Lipinski definition) is 2. The Balaban J connectivity index is 1.34. The van der Waals surface area contributed by atoms with E-state index in [9.17, 15) is 23.5 Å². The summed E-state index contributed by atoms with van der Waals surface area (Å²) in [5, 5.41) is 20.1. The van der Waals surface area contributed by atoms with Crippen molar-refractivity contribution in [3.63, 3.8) is 0 Å². The Morgan fingerprint density at radius 2 is 1.64 bits per heavy atom. The third-order valence-electron chi connectivity index (χ3n) is 6.26. The first kappa shape index (κ1) is 27.9. The van der Waals surface area contributed by atoms with Crippen LogP contribution in [-0.4, -0.2) is 37.1 Å². The third-order valence-corrected chi connectivity index (χ3v) is 6.26. The van der Waals surface area contributed by atoms with E-state index in [1.165, 1.54) is 23.0 Å². The van der Waals surface area contributed by atoms with Crippen LogP contribution in [0, 0.1) is 18.6 Å². The molecule has 212 valence electrons. The maximum absolute atomic E-state index is 14.9. The Morgan fingerprint density at radius 1 is 0.952 bits per heavy atom. The average molecular weight is 572 g/mol. The highest BCUT2D eigenvalue weighted by Gasteiger charge is 2.20. The van der Waals surface area contributed by atoms with Crippen LogP contribution in [0.5, 0.6) is 11.6 Å². The van der Waals surface area contributed by atoms with E-state index in [0.717, 1.165) is 17.7 Å². The molecule has 0 aliphatic heterocycles. The molecule has 0 bridgehead atoms. The number of amides is 1. The highest BCUT2D eigenvalue weighted by atomic mass is 19.1. The van der Waals surface area contributed by atoms with Gasteiger partial charge in [-0.05, 0) is 66.9 Å². The predicted octanol–water partition coefficient (Wildman–Crippen LogP) is 6.72. The molecule has 12 heteroatoms. The van der Waals surface area contributed by atoms with E-state index < -0.39 is 41.4 Å². The lowest BCUT2D eigenvalue weighted by Crippen LogP contribution is -2.18. The average Bonchev–Trinajstić information content (AvgIpc) is 3.34. The lowest BCUT2D eigenvalue weighted by Gasteiger charge is -2.15. The highest BCUT2D eigenvalue weighted by molar-refractivity contribution is 5.90. The van der Waals surface area contributed by atoms with Gasteiger partial charge in [0.2, 0.25) is 11.6 Å². The van der Waals surface area contributed by atoms with Gasteiger partial charge in [-0.1, -0.05) is 47.7 Å². The highest BCUT2D eigenvalue weighted by Crippen LogP contribution is 2.33. The van der Waals surface area contributed by atoms with Crippen LogP contribution >= 0.6 is 0 Å². The number of aromatic carboxylic acids is 1.